The van der Waals surface area contributed by atoms with Crippen LogP contribution in [-0.2, 0) is 9.53 Å². The van der Waals surface area contributed by atoms with Crippen molar-refractivity contribution in [1.82, 2.24) is 4.98 Å². The number of anilines is 1. The van der Waals surface area contributed by atoms with Crippen LogP contribution in [0, 0.1) is 0 Å². The van der Waals surface area contributed by atoms with Crippen molar-refractivity contribution in [2.75, 3.05) is 11.9 Å². The minimum atomic E-state index is -0.263. The number of aromatic nitrogens is 1. The molecule has 0 aromatic carbocycles. The van der Waals surface area contributed by atoms with Crippen LogP contribution < -0.4 is 5.32 Å². The maximum Gasteiger partial charge on any atom is 0.292 e. The molecule has 4 nitrogen and oxygen atoms in total. The van der Waals surface area contributed by atoms with Crippen molar-refractivity contribution in [1.29, 1.82) is 0 Å². The average Bonchev–Trinajstić information content (AvgIpc) is 2.65. The van der Waals surface area contributed by atoms with Crippen molar-refractivity contribution in [2.24, 2.45) is 0 Å². The highest BCUT2D eigenvalue weighted by Gasteiger charge is 2.15. The number of hydrogen-bond acceptors (Lipinski definition) is 4. The number of nitrogens with one attached hydrogen (secondary N) is 1. The monoisotopic (exact) mass is 244 g/mol. The van der Waals surface area contributed by atoms with E-state index >= 15 is 0 Å². The summed E-state index contributed by atoms with van der Waals surface area (Å²) >= 11 is 6.91. The second-order valence-corrected chi connectivity index (χ2v) is 4.64. The van der Waals surface area contributed by atoms with Gasteiger partial charge in [0.15, 0.2) is 10.9 Å². The molecule has 0 aliphatic carbocycles. The van der Waals surface area contributed by atoms with Crippen molar-refractivity contribution in [3.8, 4) is 0 Å². The zero-order valence-electron chi connectivity index (χ0n) is 7.83. The minimum absolute atomic E-state index is 0.263. The Bertz CT molecular complexity index is 403. The van der Waals surface area contributed by atoms with E-state index in [1.807, 2.05) is 0 Å². The van der Waals surface area contributed by atoms with Gasteiger partial charge in [-0.25, -0.2) is 4.98 Å². The van der Waals surface area contributed by atoms with Gasteiger partial charge in [0, 0.05) is 0 Å². The summed E-state index contributed by atoms with van der Waals surface area (Å²) in [6, 6.07) is 0. The van der Waals surface area contributed by atoms with Gasteiger partial charge in [-0.3, -0.25) is 10.1 Å². The van der Waals surface area contributed by atoms with E-state index in [0.717, 1.165) is 12.8 Å². The highest BCUT2D eigenvalue weighted by molar-refractivity contribution is 7.19. The number of hydrogen-bond donors (Lipinski definition) is 1. The molecule has 1 aromatic heterocycles. The Morgan fingerprint density at radius 1 is 1.67 bits per heavy atom. The largest absolute Gasteiger partial charge is 0.488 e. The minimum Gasteiger partial charge on any atom is -0.488 e. The normalized spacial score (nSPS) is 15.4. The van der Waals surface area contributed by atoms with Gasteiger partial charge >= 0.3 is 0 Å². The molecular formula is C9H9ClN2O2S. The smallest absolute Gasteiger partial charge is 0.292 e. The fourth-order valence-corrected chi connectivity index (χ4v) is 1.99. The number of carbonyl (C=O) groups excluding carboxylic acids is 1. The van der Waals surface area contributed by atoms with Crippen LogP contribution >= 0.6 is 22.9 Å². The Kier molecular flexibility index (Phi) is 3.23. The lowest BCUT2D eigenvalue weighted by atomic mass is 10.2. The molecule has 0 radical (unpaired) electrons. The highest BCUT2D eigenvalue weighted by Crippen LogP contribution is 2.23. The third-order valence-electron chi connectivity index (χ3n) is 1.86. The fourth-order valence-electron chi connectivity index (χ4n) is 1.19. The summed E-state index contributed by atoms with van der Waals surface area (Å²) in [6.07, 6.45) is 5.12. The summed E-state index contributed by atoms with van der Waals surface area (Å²) in [5.74, 6) is 0.105. The van der Waals surface area contributed by atoms with E-state index in [9.17, 15) is 4.79 Å². The SMILES string of the molecule is O=C(Nc1ncc(Cl)s1)C1=CCCCO1. The summed E-state index contributed by atoms with van der Waals surface area (Å²) in [5, 5.41) is 3.11. The van der Waals surface area contributed by atoms with Gasteiger partial charge in [-0.05, 0) is 18.9 Å². The van der Waals surface area contributed by atoms with Crippen molar-refractivity contribution < 1.29 is 9.53 Å². The lowest BCUT2D eigenvalue weighted by molar-refractivity contribution is -0.116. The summed E-state index contributed by atoms with van der Waals surface area (Å²) in [6.45, 7) is 0.595. The van der Waals surface area contributed by atoms with Crippen molar-refractivity contribution in [2.45, 2.75) is 12.8 Å². The van der Waals surface area contributed by atoms with Crippen LogP contribution in [0.1, 0.15) is 12.8 Å². The Balaban J connectivity index is 2.00. The molecule has 1 aromatic rings. The van der Waals surface area contributed by atoms with E-state index in [1.165, 1.54) is 17.5 Å². The standard InChI is InChI=1S/C9H9ClN2O2S/c10-7-5-11-9(15-7)12-8(13)6-3-1-2-4-14-6/h3,5H,1-2,4H2,(H,11,12,13). The molecule has 1 aliphatic heterocycles. The number of halogens is 1. The van der Waals surface area contributed by atoms with Crippen LogP contribution in [-0.4, -0.2) is 17.5 Å². The van der Waals surface area contributed by atoms with Gasteiger partial charge in [0.25, 0.3) is 5.91 Å². The molecular weight excluding hydrogens is 236 g/mol. The van der Waals surface area contributed by atoms with Gasteiger partial charge in [-0.15, -0.1) is 0 Å². The van der Waals surface area contributed by atoms with Gasteiger partial charge in [0.2, 0.25) is 0 Å². The Hall–Kier alpha value is -1.07. The van der Waals surface area contributed by atoms with Crippen LogP contribution in [0.15, 0.2) is 18.0 Å². The molecule has 2 heterocycles. The maximum atomic E-state index is 11.6. The lowest BCUT2D eigenvalue weighted by Gasteiger charge is -2.13. The van der Waals surface area contributed by atoms with Crippen molar-refractivity contribution in [3.05, 3.63) is 22.4 Å². The van der Waals surface area contributed by atoms with Crippen LogP contribution in [0.2, 0.25) is 4.34 Å². The molecule has 0 saturated carbocycles. The lowest BCUT2D eigenvalue weighted by Crippen LogP contribution is -2.18. The number of amides is 1. The second-order valence-electron chi connectivity index (χ2n) is 2.98. The van der Waals surface area contributed by atoms with Gasteiger partial charge in [0.1, 0.15) is 4.34 Å². The average molecular weight is 245 g/mol. The van der Waals surface area contributed by atoms with E-state index in [2.05, 4.69) is 10.3 Å². The topological polar surface area (TPSA) is 51.2 Å². The third kappa shape index (κ3) is 2.70. The Labute approximate surface area is 95.9 Å². The van der Waals surface area contributed by atoms with Gasteiger partial charge in [0.05, 0.1) is 12.8 Å². The summed E-state index contributed by atoms with van der Waals surface area (Å²) in [7, 11) is 0. The van der Waals surface area contributed by atoms with Gasteiger partial charge < -0.3 is 4.74 Å². The first-order valence-corrected chi connectivity index (χ1v) is 5.71. The highest BCUT2D eigenvalue weighted by atomic mass is 35.5. The summed E-state index contributed by atoms with van der Waals surface area (Å²) in [5.41, 5.74) is 0. The van der Waals surface area contributed by atoms with Crippen LogP contribution in [0.4, 0.5) is 5.13 Å². The number of rotatable bonds is 2. The molecule has 0 spiro atoms. The third-order valence-corrected chi connectivity index (χ3v) is 2.89. The molecule has 0 atom stereocenters. The van der Waals surface area contributed by atoms with Gasteiger partial charge in [-0.2, -0.15) is 0 Å². The summed E-state index contributed by atoms with van der Waals surface area (Å²) in [4.78, 5) is 15.5. The zero-order chi connectivity index (χ0) is 10.7. The molecule has 0 fully saturated rings. The predicted molar refractivity (Wildman–Crippen MR) is 59.0 cm³/mol. The maximum absolute atomic E-state index is 11.6. The van der Waals surface area contributed by atoms with E-state index in [-0.39, 0.29) is 5.91 Å². The number of thiazole rings is 1. The van der Waals surface area contributed by atoms with Crippen LogP contribution in [0.3, 0.4) is 0 Å². The van der Waals surface area contributed by atoms with E-state index in [1.54, 1.807) is 6.08 Å². The molecule has 6 heteroatoms. The molecule has 1 aliphatic rings. The number of allylic oxidation sites excluding steroid dienone is 1. The summed E-state index contributed by atoms with van der Waals surface area (Å²) < 4.78 is 5.76. The first kappa shape index (κ1) is 10.4. The van der Waals surface area contributed by atoms with E-state index in [0.29, 0.717) is 21.8 Å². The predicted octanol–water partition coefficient (Wildman–Crippen LogP) is 2.43. The quantitative estimate of drug-likeness (QED) is 0.869. The zero-order valence-corrected chi connectivity index (χ0v) is 9.40. The molecule has 15 heavy (non-hydrogen) atoms. The Morgan fingerprint density at radius 2 is 2.53 bits per heavy atom. The first-order valence-electron chi connectivity index (χ1n) is 4.51. The van der Waals surface area contributed by atoms with Gasteiger partial charge in [-0.1, -0.05) is 22.9 Å². The molecule has 0 bridgehead atoms. The molecule has 0 unspecified atom stereocenters. The van der Waals surface area contributed by atoms with Crippen molar-refractivity contribution >= 4 is 34.0 Å². The van der Waals surface area contributed by atoms with Crippen molar-refractivity contribution in [3.63, 3.8) is 0 Å². The number of nitrogens with zero attached hydrogens (tertiary/aromatic N) is 1. The molecule has 0 saturated heterocycles. The van der Waals surface area contributed by atoms with Crippen LogP contribution in [0.5, 0.6) is 0 Å². The van der Waals surface area contributed by atoms with Crippen LogP contribution in [0.25, 0.3) is 0 Å². The molecule has 80 valence electrons. The molecule has 1 amide bonds. The second kappa shape index (κ2) is 4.63. The number of ether oxygens (including phenoxy) is 1. The Morgan fingerprint density at radius 3 is 3.13 bits per heavy atom. The fraction of sp³-hybridized carbons (Fsp3) is 0.333. The molecule has 2 rings (SSSR count). The first-order chi connectivity index (χ1) is 7.25. The van der Waals surface area contributed by atoms with E-state index in [4.69, 9.17) is 16.3 Å². The van der Waals surface area contributed by atoms with E-state index < -0.39 is 0 Å². The number of carbonyl (C=O) groups is 1. The molecule has 1 N–H and O–H groups in total.